The molecule has 2 aromatic carbocycles. The molecule has 2 aromatic rings. The molecule has 0 aliphatic carbocycles. The average Bonchev–Trinajstić information content (AvgIpc) is 2.75. The third-order valence-electron chi connectivity index (χ3n) is 4.98. The van der Waals surface area contributed by atoms with Crippen molar-refractivity contribution in [3.05, 3.63) is 58.1 Å². The number of benzene rings is 2. The van der Waals surface area contributed by atoms with E-state index in [0.717, 1.165) is 31.5 Å². The average molecular weight is 462 g/mol. The highest BCUT2D eigenvalue weighted by Gasteiger charge is 2.29. The number of nitrogens with zero attached hydrogens (tertiary/aromatic N) is 2. The van der Waals surface area contributed by atoms with E-state index in [1.807, 2.05) is 30.3 Å². The molecule has 1 aliphatic heterocycles. The van der Waals surface area contributed by atoms with Gasteiger partial charge < -0.3 is 16.0 Å². The summed E-state index contributed by atoms with van der Waals surface area (Å²) in [4.78, 5) is 30.5. The fraction of sp³-hybridized carbons (Fsp3) is 0.318. The topological polar surface area (TPSA) is 99.8 Å². The minimum absolute atomic E-state index is 0.0294. The van der Waals surface area contributed by atoms with Crippen LogP contribution < -0.4 is 21.3 Å². The molecule has 0 aromatic heterocycles. The van der Waals surface area contributed by atoms with Gasteiger partial charge in [0.15, 0.2) is 5.96 Å². The Morgan fingerprint density at radius 3 is 2.48 bits per heavy atom. The summed E-state index contributed by atoms with van der Waals surface area (Å²) >= 11 is 12.4. The Labute approximate surface area is 191 Å². The summed E-state index contributed by atoms with van der Waals surface area (Å²) in [6, 6.07) is 12.9. The van der Waals surface area contributed by atoms with Crippen LogP contribution in [0.1, 0.15) is 31.7 Å². The van der Waals surface area contributed by atoms with Crippen LogP contribution >= 0.6 is 23.2 Å². The van der Waals surface area contributed by atoms with Crippen LogP contribution in [0.4, 0.5) is 11.4 Å². The molecule has 1 saturated heterocycles. The maximum Gasteiger partial charge on any atom is 0.249 e. The van der Waals surface area contributed by atoms with Crippen molar-refractivity contribution in [3.63, 3.8) is 0 Å². The number of anilines is 2. The van der Waals surface area contributed by atoms with Crippen molar-refractivity contribution in [2.75, 3.05) is 16.8 Å². The van der Waals surface area contributed by atoms with E-state index in [2.05, 4.69) is 20.5 Å². The van der Waals surface area contributed by atoms with E-state index in [4.69, 9.17) is 28.9 Å². The maximum atomic E-state index is 12.9. The fourth-order valence-corrected chi connectivity index (χ4v) is 4.20. The molecule has 1 unspecified atom stereocenters. The standard InChI is InChI=1S/C22H25Cl2N5O2/c1-14(30)27-20-17(23)11-15(12-18(20)24)13-26-22(25)28-21(31)19-9-5-6-10-29(19)16-7-3-2-4-8-16/h2-4,7-8,11-12,19H,5-6,9-10,13H2,1H3,(H,27,30)(H3,25,26,28,31). The second-order valence-corrected chi connectivity index (χ2v) is 8.16. The Morgan fingerprint density at radius 1 is 1.16 bits per heavy atom. The van der Waals surface area contributed by atoms with Crippen LogP contribution in [0.3, 0.4) is 0 Å². The van der Waals surface area contributed by atoms with E-state index >= 15 is 0 Å². The van der Waals surface area contributed by atoms with E-state index in [9.17, 15) is 9.59 Å². The minimum Gasteiger partial charge on any atom is -0.370 e. The van der Waals surface area contributed by atoms with Crippen LogP contribution in [0.15, 0.2) is 47.5 Å². The molecule has 3 rings (SSSR count). The van der Waals surface area contributed by atoms with Gasteiger partial charge in [-0.2, -0.15) is 0 Å². The summed E-state index contributed by atoms with van der Waals surface area (Å²) in [6.45, 7) is 2.37. The summed E-state index contributed by atoms with van der Waals surface area (Å²) in [7, 11) is 0. The number of amides is 2. The molecule has 7 nitrogen and oxygen atoms in total. The molecule has 0 bridgehead atoms. The first kappa shape index (κ1) is 22.9. The number of carbonyl (C=O) groups excluding carboxylic acids is 2. The maximum absolute atomic E-state index is 12.9. The number of nitrogens with two attached hydrogens (primary N) is 1. The van der Waals surface area contributed by atoms with Crippen LogP contribution in [0.25, 0.3) is 0 Å². The normalized spacial score (nSPS) is 16.7. The van der Waals surface area contributed by atoms with E-state index in [1.54, 1.807) is 12.1 Å². The molecule has 1 heterocycles. The Hall–Kier alpha value is -2.77. The monoisotopic (exact) mass is 461 g/mol. The number of halogens is 2. The Bertz CT molecular complexity index is 958. The molecule has 164 valence electrons. The molecule has 0 spiro atoms. The summed E-state index contributed by atoms with van der Waals surface area (Å²) in [5, 5.41) is 5.90. The molecule has 1 aliphatic rings. The highest BCUT2D eigenvalue weighted by Crippen LogP contribution is 2.32. The lowest BCUT2D eigenvalue weighted by Gasteiger charge is -2.36. The van der Waals surface area contributed by atoms with Crippen molar-refractivity contribution in [1.82, 2.24) is 5.32 Å². The number of rotatable bonds is 5. The molecular weight excluding hydrogens is 437 g/mol. The third-order valence-corrected chi connectivity index (χ3v) is 5.58. The zero-order valence-corrected chi connectivity index (χ0v) is 18.7. The minimum atomic E-state index is -0.300. The molecule has 31 heavy (non-hydrogen) atoms. The summed E-state index contributed by atoms with van der Waals surface area (Å²) < 4.78 is 0. The predicted octanol–water partition coefficient (Wildman–Crippen LogP) is 3.94. The Kier molecular flexibility index (Phi) is 7.76. The molecule has 0 saturated carbocycles. The number of guanidine groups is 1. The molecular formula is C22H25Cl2N5O2. The van der Waals surface area contributed by atoms with Crippen LogP contribution in [-0.4, -0.2) is 30.4 Å². The van der Waals surface area contributed by atoms with Crippen molar-refractivity contribution in [2.24, 2.45) is 10.7 Å². The van der Waals surface area contributed by atoms with Crippen LogP contribution in [0, 0.1) is 0 Å². The van der Waals surface area contributed by atoms with Gasteiger partial charge in [0.25, 0.3) is 0 Å². The number of hydrogen-bond donors (Lipinski definition) is 3. The number of carbonyl (C=O) groups is 2. The quantitative estimate of drug-likeness (QED) is 0.463. The smallest absolute Gasteiger partial charge is 0.249 e. The highest BCUT2D eigenvalue weighted by molar-refractivity contribution is 6.39. The van der Waals surface area contributed by atoms with E-state index < -0.39 is 0 Å². The molecule has 1 atom stereocenters. The van der Waals surface area contributed by atoms with E-state index in [1.165, 1.54) is 6.92 Å². The van der Waals surface area contributed by atoms with Crippen molar-refractivity contribution in [3.8, 4) is 0 Å². The second-order valence-electron chi connectivity index (χ2n) is 7.35. The zero-order valence-electron chi connectivity index (χ0n) is 17.2. The van der Waals surface area contributed by atoms with Gasteiger partial charge >= 0.3 is 0 Å². The van der Waals surface area contributed by atoms with Crippen LogP contribution in [0.5, 0.6) is 0 Å². The number of hydrogen-bond acceptors (Lipinski definition) is 4. The third kappa shape index (κ3) is 6.12. The second kappa shape index (κ2) is 10.5. The molecule has 9 heteroatoms. The van der Waals surface area contributed by atoms with Gasteiger partial charge in [-0.05, 0) is 49.1 Å². The molecule has 2 amide bonds. The number of para-hydroxylation sites is 1. The summed E-state index contributed by atoms with van der Waals surface area (Å²) in [6.07, 6.45) is 2.78. The largest absolute Gasteiger partial charge is 0.370 e. The first-order valence-corrected chi connectivity index (χ1v) is 10.8. The highest BCUT2D eigenvalue weighted by atomic mass is 35.5. The first-order chi connectivity index (χ1) is 14.8. The summed E-state index contributed by atoms with van der Waals surface area (Å²) in [5.41, 5.74) is 8.03. The first-order valence-electron chi connectivity index (χ1n) is 10.0. The van der Waals surface area contributed by atoms with Crippen molar-refractivity contribution in [2.45, 2.75) is 38.8 Å². The number of nitrogens with one attached hydrogen (secondary N) is 2. The van der Waals surface area contributed by atoms with Crippen LogP contribution in [-0.2, 0) is 16.1 Å². The van der Waals surface area contributed by atoms with Gasteiger partial charge in [0.05, 0.1) is 22.3 Å². The summed E-state index contributed by atoms with van der Waals surface area (Å²) in [5.74, 6) is -0.419. The number of piperidine rings is 1. The van der Waals surface area contributed by atoms with E-state index in [-0.39, 0.29) is 30.4 Å². The van der Waals surface area contributed by atoms with Gasteiger partial charge in [0.2, 0.25) is 11.8 Å². The van der Waals surface area contributed by atoms with Crippen molar-refractivity contribution in [1.29, 1.82) is 0 Å². The van der Waals surface area contributed by atoms with Gasteiger partial charge in [-0.3, -0.25) is 14.9 Å². The Balaban J connectivity index is 1.66. The zero-order chi connectivity index (χ0) is 22.4. The lowest BCUT2D eigenvalue weighted by molar-refractivity contribution is -0.121. The van der Waals surface area contributed by atoms with Gasteiger partial charge in [-0.15, -0.1) is 0 Å². The van der Waals surface area contributed by atoms with Gasteiger partial charge in [-0.1, -0.05) is 41.4 Å². The van der Waals surface area contributed by atoms with Crippen molar-refractivity contribution < 1.29 is 9.59 Å². The fourth-order valence-electron chi connectivity index (χ4n) is 3.57. The van der Waals surface area contributed by atoms with Gasteiger partial charge in [-0.25, -0.2) is 4.99 Å². The lowest BCUT2D eigenvalue weighted by atomic mass is 10.0. The Morgan fingerprint density at radius 2 is 1.84 bits per heavy atom. The number of aliphatic imine (C=N–C) groups is 1. The molecule has 4 N–H and O–H groups in total. The van der Waals surface area contributed by atoms with Crippen molar-refractivity contribution >= 4 is 52.4 Å². The van der Waals surface area contributed by atoms with Gasteiger partial charge in [0, 0.05) is 19.2 Å². The van der Waals surface area contributed by atoms with Gasteiger partial charge in [0.1, 0.15) is 6.04 Å². The SMILES string of the molecule is CC(=O)Nc1c(Cl)cc(CN=C(N)NC(=O)C2CCCCN2c2ccccc2)cc1Cl. The predicted molar refractivity (Wildman–Crippen MR) is 126 cm³/mol. The van der Waals surface area contributed by atoms with E-state index in [0.29, 0.717) is 21.3 Å². The lowest BCUT2D eigenvalue weighted by Crippen LogP contribution is -2.52. The molecule has 1 fully saturated rings. The molecule has 0 radical (unpaired) electrons. The van der Waals surface area contributed by atoms with Crippen LogP contribution in [0.2, 0.25) is 10.0 Å².